The number of benzene rings is 1. The van der Waals surface area contributed by atoms with Crippen LogP contribution in [0.3, 0.4) is 0 Å². The van der Waals surface area contributed by atoms with E-state index in [0.29, 0.717) is 19.7 Å². The van der Waals surface area contributed by atoms with Crippen LogP contribution in [0.25, 0.3) is 0 Å². The van der Waals surface area contributed by atoms with Crippen LogP contribution in [0.15, 0.2) is 28.7 Å². The lowest BCUT2D eigenvalue weighted by Crippen LogP contribution is -2.47. The van der Waals surface area contributed by atoms with E-state index >= 15 is 0 Å². The number of rotatable bonds is 8. The summed E-state index contributed by atoms with van der Waals surface area (Å²) in [4.78, 5) is 11.9. The molecule has 0 aliphatic heterocycles. The van der Waals surface area contributed by atoms with E-state index in [1.165, 1.54) is 12.0 Å². The molecule has 1 aromatic rings. The Kier molecular flexibility index (Phi) is 6.21. The molecule has 2 rings (SSSR count). The molecule has 1 aromatic carbocycles. The lowest BCUT2D eigenvalue weighted by molar-refractivity contribution is -0.120. The normalized spacial score (nSPS) is 16.3. The van der Waals surface area contributed by atoms with Crippen LogP contribution in [-0.2, 0) is 14.9 Å². The summed E-state index contributed by atoms with van der Waals surface area (Å²) in [6.45, 7) is 2.39. The Morgan fingerprint density at radius 1 is 1.33 bits per heavy atom. The lowest BCUT2D eigenvalue weighted by Gasteiger charge is -2.42. The van der Waals surface area contributed by atoms with Gasteiger partial charge >= 0.3 is 0 Å². The Hall–Kier alpha value is -0.910. The highest BCUT2D eigenvalue weighted by Gasteiger charge is 2.38. The van der Waals surface area contributed by atoms with Crippen LogP contribution in [0.1, 0.15) is 24.8 Å². The summed E-state index contributed by atoms with van der Waals surface area (Å²) in [6.07, 6.45) is 3.52. The van der Waals surface area contributed by atoms with Gasteiger partial charge in [-0.2, -0.15) is 0 Å². The van der Waals surface area contributed by atoms with Crippen molar-refractivity contribution in [3.8, 4) is 0 Å². The summed E-state index contributed by atoms with van der Waals surface area (Å²) in [6, 6.07) is 8.46. The summed E-state index contributed by atoms with van der Waals surface area (Å²) in [5, 5.41) is 6.12. The van der Waals surface area contributed by atoms with Crippen molar-refractivity contribution in [2.24, 2.45) is 0 Å². The van der Waals surface area contributed by atoms with Gasteiger partial charge in [-0.3, -0.25) is 4.79 Å². The number of carbonyl (C=O) groups excluding carboxylic acids is 1. The second-order valence-electron chi connectivity index (χ2n) is 5.59. The number of ether oxygens (including phenoxy) is 1. The van der Waals surface area contributed by atoms with Crippen molar-refractivity contribution in [1.29, 1.82) is 0 Å². The second kappa shape index (κ2) is 7.92. The fourth-order valence-corrected chi connectivity index (χ4v) is 2.95. The number of amides is 1. The van der Waals surface area contributed by atoms with Gasteiger partial charge in [0.2, 0.25) is 5.91 Å². The Bertz CT molecular complexity index is 458. The third kappa shape index (κ3) is 4.53. The zero-order chi connectivity index (χ0) is 15.1. The molecule has 1 fully saturated rings. The molecule has 21 heavy (non-hydrogen) atoms. The molecule has 1 saturated carbocycles. The molecule has 1 aliphatic carbocycles. The van der Waals surface area contributed by atoms with E-state index in [9.17, 15) is 4.79 Å². The third-order valence-electron chi connectivity index (χ3n) is 4.16. The van der Waals surface area contributed by atoms with Crippen LogP contribution in [0, 0.1) is 0 Å². The predicted octanol–water partition coefficient (Wildman–Crippen LogP) is 2.22. The highest BCUT2D eigenvalue weighted by Crippen LogP contribution is 2.43. The van der Waals surface area contributed by atoms with Gasteiger partial charge in [0, 0.05) is 30.1 Å². The average Bonchev–Trinajstić information content (AvgIpc) is 2.44. The standard InChI is InChI=1S/C16H23BrN2O2/c1-21-10-9-18-11-15(20)19-12-16(7-2-8-16)13-3-5-14(17)6-4-13/h3-6,18H,2,7-12H2,1H3,(H,19,20). The minimum atomic E-state index is 0.0505. The highest BCUT2D eigenvalue weighted by atomic mass is 79.9. The molecular weight excluding hydrogens is 332 g/mol. The van der Waals surface area contributed by atoms with Crippen molar-refractivity contribution in [2.75, 3.05) is 33.4 Å². The van der Waals surface area contributed by atoms with Crippen molar-refractivity contribution in [2.45, 2.75) is 24.7 Å². The van der Waals surface area contributed by atoms with E-state index in [2.05, 4.69) is 50.8 Å². The lowest BCUT2D eigenvalue weighted by atomic mass is 9.64. The number of hydrogen-bond acceptors (Lipinski definition) is 3. The topological polar surface area (TPSA) is 50.4 Å². The van der Waals surface area contributed by atoms with E-state index in [-0.39, 0.29) is 11.3 Å². The smallest absolute Gasteiger partial charge is 0.233 e. The molecule has 0 radical (unpaired) electrons. The Balaban J connectivity index is 1.82. The van der Waals surface area contributed by atoms with E-state index in [1.54, 1.807) is 7.11 Å². The summed E-state index contributed by atoms with van der Waals surface area (Å²) in [5.74, 6) is 0.0505. The minimum Gasteiger partial charge on any atom is -0.383 e. The number of hydrogen-bond donors (Lipinski definition) is 2. The molecule has 4 nitrogen and oxygen atoms in total. The molecule has 116 valence electrons. The number of carbonyl (C=O) groups is 1. The molecule has 5 heteroatoms. The Morgan fingerprint density at radius 3 is 2.62 bits per heavy atom. The monoisotopic (exact) mass is 354 g/mol. The van der Waals surface area contributed by atoms with Crippen LogP contribution in [0.2, 0.25) is 0 Å². The van der Waals surface area contributed by atoms with Gasteiger partial charge in [0.15, 0.2) is 0 Å². The minimum absolute atomic E-state index is 0.0505. The van der Waals surface area contributed by atoms with Gasteiger partial charge < -0.3 is 15.4 Å². The van der Waals surface area contributed by atoms with Crippen molar-refractivity contribution < 1.29 is 9.53 Å². The van der Waals surface area contributed by atoms with Crippen LogP contribution in [0.4, 0.5) is 0 Å². The van der Waals surface area contributed by atoms with E-state index < -0.39 is 0 Å². The maximum absolute atomic E-state index is 11.9. The van der Waals surface area contributed by atoms with E-state index in [4.69, 9.17) is 4.74 Å². The van der Waals surface area contributed by atoms with Gasteiger partial charge in [-0.05, 0) is 30.5 Å². The molecule has 0 heterocycles. The summed E-state index contributed by atoms with van der Waals surface area (Å²) in [5.41, 5.74) is 1.45. The second-order valence-corrected chi connectivity index (χ2v) is 6.50. The molecular formula is C16H23BrN2O2. The van der Waals surface area contributed by atoms with Crippen molar-refractivity contribution in [3.63, 3.8) is 0 Å². The number of methoxy groups -OCH3 is 1. The third-order valence-corrected chi connectivity index (χ3v) is 4.69. The first-order valence-corrected chi connectivity index (χ1v) is 8.18. The molecule has 0 unspecified atom stereocenters. The fourth-order valence-electron chi connectivity index (χ4n) is 2.68. The van der Waals surface area contributed by atoms with E-state index in [1.807, 2.05) is 0 Å². The maximum Gasteiger partial charge on any atom is 0.233 e. The quantitative estimate of drug-likeness (QED) is 0.703. The van der Waals surface area contributed by atoms with Gasteiger partial charge in [-0.15, -0.1) is 0 Å². The predicted molar refractivity (Wildman–Crippen MR) is 87.4 cm³/mol. The molecule has 0 bridgehead atoms. The van der Waals surface area contributed by atoms with E-state index in [0.717, 1.165) is 23.9 Å². The SMILES string of the molecule is COCCNCC(=O)NCC1(c2ccc(Br)cc2)CCC1. The molecule has 0 spiro atoms. The van der Waals surface area contributed by atoms with Gasteiger partial charge in [0.1, 0.15) is 0 Å². The number of halogens is 1. The van der Waals surface area contributed by atoms with Crippen LogP contribution >= 0.6 is 15.9 Å². The van der Waals surface area contributed by atoms with Gasteiger partial charge in [-0.25, -0.2) is 0 Å². The van der Waals surface area contributed by atoms with Gasteiger partial charge in [0.25, 0.3) is 0 Å². The molecule has 0 atom stereocenters. The number of nitrogens with one attached hydrogen (secondary N) is 2. The molecule has 0 saturated heterocycles. The first-order chi connectivity index (χ1) is 10.2. The Labute approximate surface area is 134 Å². The van der Waals surface area contributed by atoms with Crippen molar-refractivity contribution in [3.05, 3.63) is 34.3 Å². The summed E-state index contributed by atoms with van der Waals surface area (Å²) in [7, 11) is 1.65. The molecule has 0 aromatic heterocycles. The first kappa shape index (κ1) is 16.5. The van der Waals surface area contributed by atoms with Crippen LogP contribution < -0.4 is 10.6 Å². The molecule has 1 amide bonds. The highest BCUT2D eigenvalue weighted by molar-refractivity contribution is 9.10. The molecule has 2 N–H and O–H groups in total. The average molecular weight is 355 g/mol. The van der Waals surface area contributed by atoms with Crippen LogP contribution in [0.5, 0.6) is 0 Å². The molecule has 1 aliphatic rings. The van der Waals surface area contributed by atoms with Gasteiger partial charge in [-0.1, -0.05) is 34.5 Å². The summed E-state index contributed by atoms with van der Waals surface area (Å²) < 4.78 is 6.02. The fraction of sp³-hybridized carbons (Fsp3) is 0.562. The largest absolute Gasteiger partial charge is 0.383 e. The van der Waals surface area contributed by atoms with Gasteiger partial charge in [0.05, 0.1) is 13.2 Å². The van der Waals surface area contributed by atoms with Crippen LogP contribution in [-0.4, -0.2) is 39.3 Å². The Morgan fingerprint density at radius 2 is 2.05 bits per heavy atom. The van der Waals surface area contributed by atoms with Crippen molar-refractivity contribution >= 4 is 21.8 Å². The summed E-state index contributed by atoms with van der Waals surface area (Å²) >= 11 is 3.47. The first-order valence-electron chi connectivity index (χ1n) is 7.39. The zero-order valence-electron chi connectivity index (χ0n) is 12.5. The maximum atomic E-state index is 11.9. The van der Waals surface area contributed by atoms with Crippen molar-refractivity contribution in [1.82, 2.24) is 10.6 Å². The zero-order valence-corrected chi connectivity index (χ0v) is 14.0.